The van der Waals surface area contributed by atoms with Crippen LogP contribution < -0.4 is 10.7 Å². The maximum Gasteiger partial charge on any atom is 0.270 e. The van der Waals surface area contributed by atoms with Crippen LogP contribution in [0.4, 0.5) is 0 Å². The van der Waals surface area contributed by atoms with Crippen molar-refractivity contribution >= 4 is 27.7 Å². The van der Waals surface area contributed by atoms with Crippen LogP contribution in [0.5, 0.6) is 0 Å². The lowest BCUT2D eigenvalue weighted by molar-refractivity contribution is -0.306. The molecule has 0 spiro atoms. The van der Waals surface area contributed by atoms with E-state index in [1.807, 2.05) is 13.8 Å². The van der Waals surface area contributed by atoms with E-state index in [0.29, 0.717) is 10.2 Å². The third-order valence-electron chi connectivity index (χ3n) is 2.22. The van der Waals surface area contributed by atoms with Gasteiger partial charge in [-0.2, -0.15) is 0 Å². The topological polar surface area (TPSA) is 75.0 Å². The van der Waals surface area contributed by atoms with Gasteiger partial charge in [-0.3, -0.25) is 8.75 Å². The SMILES string of the molecule is Cc1cc(C)c2c(=O)n(CC(=O)[O-])sc2n1. The van der Waals surface area contributed by atoms with E-state index in [4.69, 9.17) is 0 Å². The molecule has 0 saturated heterocycles. The molecule has 0 saturated carbocycles. The zero-order valence-corrected chi connectivity index (χ0v) is 9.63. The van der Waals surface area contributed by atoms with Crippen molar-refractivity contribution in [3.8, 4) is 0 Å². The highest BCUT2D eigenvalue weighted by molar-refractivity contribution is 7.13. The van der Waals surface area contributed by atoms with Crippen molar-refractivity contribution in [3.05, 3.63) is 27.7 Å². The lowest BCUT2D eigenvalue weighted by atomic mass is 10.2. The molecule has 84 valence electrons. The van der Waals surface area contributed by atoms with Gasteiger partial charge in [0, 0.05) is 5.69 Å². The predicted molar refractivity (Wildman–Crippen MR) is 58.4 cm³/mol. The van der Waals surface area contributed by atoms with Gasteiger partial charge in [-0.1, -0.05) is 0 Å². The molecule has 0 fully saturated rings. The van der Waals surface area contributed by atoms with Gasteiger partial charge in [-0.25, -0.2) is 4.98 Å². The smallest absolute Gasteiger partial charge is 0.270 e. The van der Waals surface area contributed by atoms with Crippen LogP contribution in [-0.2, 0) is 11.3 Å². The maximum atomic E-state index is 11.8. The molecule has 0 bridgehead atoms. The summed E-state index contributed by atoms with van der Waals surface area (Å²) in [6.45, 7) is 3.23. The van der Waals surface area contributed by atoms with E-state index in [2.05, 4.69) is 4.98 Å². The summed E-state index contributed by atoms with van der Waals surface area (Å²) in [7, 11) is 0. The molecule has 0 N–H and O–H groups in total. The Morgan fingerprint density at radius 2 is 2.25 bits per heavy atom. The number of aryl methyl sites for hydroxylation is 2. The fraction of sp³-hybridized carbons (Fsp3) is 0.300. The molecule has 0 aromatic carbocycles. The molecule has 0 unspecified atom stereocenters. The average Bonchev–Trinajstić information content (AvgIpc) is 2.41. The largest absolute Gasteiger partial charge is 0.548 e. The molecule has 2 rings (SSSR count). The quantitative estimate of drug-likeness (QED) is 0.726. The van der Waals surface area contributed by atoms with Crippen molar-refractivity contribution in [2.24, 2.45) is 0 Å². The molecule has 0 aliphatic carbocycles. The Morgan fingerprint density at radius 1 is 1.56 bits per heavy atom. The van der Waals surface area contributed by atoms with Crippen molar-refractivity contribution in [1.82, 2.24) is 8.94 Å². The van der Waals surface area contributed by atoms with Crippen LogP contribution in [0, 0.1) is 13.8 Å². The Balaban J connectivity index is 2.73. The number of rotatable bonds is 2. The Hall–Kier alpha value is -1.69. The molecule has 2 aromatic rings. The van der Waals surface area contributed by atoms with Crippen molar-refractivity contribution in [1.29, 1.82) is 0 Å². The molecule has 0 radical (unpaired) electrons. The van der Waals surface area contributed by atoms with Gasteiger partial charge in [-0.15, -0.1) is 0 Å². The number of aromatic nitrogens is 2. The fourth-order valence-electron chi connectivity index (χ4n) is 1.62. The minimum Gasteiger partial charge on any atom is -0.548 e. The Labute approximate surface area is 95.1 Å². The summed E-state index contributed by atoms with van der Waals surface area (Å²) >= 11 is 1.05. The van der Waals surface area contributed by atoms with E-state index in [1.54, 1.807) is 6.07 Å². The molecule has 0 aliphatic heterocycles. The summed E-state index contributed by atoms with van der Waals surface area (Å²) in [5, 5.41) is 11.0. The van der Waals surface area contributed by atoms with Crippen LogP contribution in [0.1, 0.15) is 11.3 Å². The monoisotopic (exact) mass is 237 g/mol. The first kappa shape index (κ1) is 10.8. The number of hydrogen-bond donors (Lipinski definition) is 0. The van der Waals surface area contributed by atoms with Crippen molar-refractivity contribution in [2.45, 2.75) is 20.4 Å². The highest BCUT2D eigenvalue weighted by Crippen LogP contribution is 2.18. The third kappa shape index (κ3) is 1.71. The van der Waals surface area contributed by atoms with Gasteiger partial charge in [-0.05, 0) is 37.0 Å². The molecule has 0 atom stereocenters. The van der Waals surface area contributed by atoms with Gasteiger partial charge in [0.25, 0.3) is 5.56 Å². The van der Waals surface area contributed by atoms with Gasteiger partial charge < -0.3 is 9.90 Å². The lowest BCUT2D eigenvalue weighted by Gasteiger charge is -1.99. The Kier molecular flexibility index (Phi) is 2.51. The zero-order valence-electron chi connectivity index (χ0n) is 8.81. The number of aliphatic carboxylic acids is 1. The summed E-state index contributed by atoms with van der Waals surface area (Å²) in [5.74, 6) is -1.27. The van der Waals surface area contributed by atoms with Crippen molar-refractivity contribution < 1.29 is 9.90 Å². The standard InChI is InChI=1S/C10H10N2O3S/c1-5-3-6(2)11-9-8(5)10(15)12(16-9)4-7(13)14/h3H,4H2,1-2H3,(H,13,14)/p-1. The van der Waals surface area contributed by atoms with Crippen molar-refractivity contribution in [2.75, 3.05) is 0 Å². The number of carboxylic acid groups (broad SMARTS) is 1. The fourth-order valence-corrected chi connectivity index (χ4v) is 2.70. The van der Waals surface area contributed by atoms with Crippen LogP contribution in [0.3, 0.4) is 0 Å². The minimum atomic E-state index is -1.27. The van der Waals surface area contributed by atoms with Crippen LogP contribution in [0.2, 0.25) is 0 Å². The third-order valence-corrected chi connectivity index (χ3v) is 3.20. The summed E-state index contributed by atoms with van der Waals surface area (Å²) < 4.78 is 1.15. The molecular formula is C10H9N2O3S-. The first-order valence-electron chi connectivity index (χ1n) is 4.67. The number of carbonyl (C=O) groups is 1. The summed E-state index contributed by atoms with van der Waals surface area (Å²) in [6.07, 6.45) is 0. The second-order valence-electron chi connectivity index (χ2n) is 3.57. The number of fused-ring (bicyclic) bond motifs is 1. The van der Waals surface area contributed by atoms with Crippen LogP contribution in [0.25, 0.3) is 10.2 Å². The summed E-state index contributed by atoms with van der Waals surface area (Å²) in [6, 6.07) is 1.81. The Bertz CT molecular complexity index is 627. The van der Waals surface area contributed by atoms with E-state index in [0.717, 1.165) is 26.7 Å². The highest BCUT2D eigenvalue weighted by Gasteiger charge is 2.11. The van der Waals surface area contributed by atoms with E-state index >= 15 is 0 Å². The highest BCUT2D eigenvalue weighted by atomic mass is 32.1. The first-order chi connectivity index (χ1) is 7.49. The molecule has 2 heterocycles. The van der Waals surface area contributed by atoms with Crippen LogP contribution in [0.15, 0.2) is 10.9 Å². The van der Waals surface area contributed by atoms with E-state index in [-0.39, 0.29) is 5.56 Å². The average molecular weight is 237 g/mol. The van der Waals surface area contributed by atoms with Gasteiger partial charge in [0.05, 0.1) is 17.9 Å². The number of carboxylic acids is 1. The lowest BCUT2D eigenvalue weighted by Crippen LogP contribution is -2.30. The van der Waals surface area contributed by atoms with Gasteiger partial charge in [0.2, 0.25) is 0 Å². The van der Waals surface area contributed by atoms with Gasteiger partial charge >= 0.3 is 0 Å². The van der Waals surface area contributed by atoms with E-state index < -0.39 is 12.5 Å². The molecular weight excluding hydrogens is 228 g/mol. The number of nitrogens with zero attached hydrogens (tertiary/aromatic N) is 2. The van der Waals surface area contributed by atoms with E-state index in [1.165, 1.54) is 0 Å². The van der Waals surface area contributed by atoms with Crippen molar-refractivity contribution in [3.63, 3.8) is 0 Å². The number of hydrogen-bond acceptors (Lipinski definition) is 5. The number of carbonyl (C=O) groups excluding carboxylic acids is 1. The molecule has 6 heteroatoms. The van der Waals surface area contributed by atoms with E-state index in [9.17, 15) is 14.7 Å². The second-order valence-corrected chi connectivity index (χ2v) is 4.58. The maximum absolute atomic E-state index is 11.8. The molecule has 0 amide bonds. The normalized spacial score (nSPS) is 10.9. The number of pyridine rings is 1. The summed E-state index contributed by atoms with van der Waals surface area (Å²) in [5.41, 5.74) is 1.32. The molecule has 5 nitrogen and oxygen atoms in total. The first-order valence-corrected chi connectivity index (χ1v) is 5.44. The Morgan fingerprint density at radius 3 is 2.88 bits per heavy atom. The minimum absolute atomic E-state index is 0.311. The van der Waals surface area contributed by atoms with Crippen LogP contribution in [-0.4, -0.2) is 14.9 Å². The summed E-state index contributed by atoms with van der Waals surface area (Å²) in [4.78, 5) is 27.1. The molecule has 16 heavy (non-hydrogen) atoms. The zero-order chi connectivity index (χ0) is 11.9. The van der Waals surface area contributed by atoms with Gasteiger partial charge in [0.15, 0.2) is 0 Å². The molecule has 0 aliphatic rings. The van der Waals surface area contributed by atoms with Gasteiger partial charge in [0.1, 0.15) is 4.83 Å². The molecule has 2 aromatic heterocycles. The van der Waals surface area contributed by atoms with Crippen LogP contribution >= 0.6 is 11.5 Å². The predicted octanol–water partition coefficient (Wildman–Crippen LogP) is -0.175. The second kappa shape index (κ2) is 3.71.